The highest BCUT2D eigenvalue weighted by atomic mass is 35.5. The van der Waals surface area contributed by atoms with Crippen molar-refractivity contribution < 1.29 is 9.53 Å². The molecule has 2 atom stereocenters. The van der Waals surface area contributed by atoms with Gasteiger partial charge in [0.2, 0.25) is 5.91 Å². The molecule has 0 bridgehead atoms. The van der Waals surface area contributed by atoms with Crippen molar-refractivity contribution in [1.82, 2.24) is 10.2 Å². The molecule has 6 heteroatoms. The molecule has 1 aromatic rings. The summed E-state index contributed by atoms with van der Waals surface area (Å²) in [7, 11) is 1.57. The van der Waals surface area contributed by atoms with E-state index in [2.05, 4.69) is 16.3 Å². The van der Waals surface area contributed by atoms with Gasteiger partial charge in [-0.2, -0.15) is 0 Å². The summed E-state index contributed by atoms with van der Waals surface area (Å²) in [5, 5.41) is 3.74. The standard InChI is InChI=1S/C17H26ClN3O2/c1-23-15(11-19)10-17(22)20-12-16(21-7-2-3-8-21)13-5-4-6-14(18)9-13/h4-6,9,15-16H,2-3,7-8,10-12,19H2,1H3,(H,20,22). The van der Waals surface area contributed by atoms with E-state index in [0.29, 0.717) is 13.1 Å². The molecule has 3 N–H and O–H groups in total. The van der Waals surface area contributed by atoms with Crippen LogP contribution in [0.25, 0.3) is 0 Å². The molecule has 1 amide bonds. The number of halogens is 1. The average Bonchev–Trinajstić information content (AvgIpc) is 3.07. The molecule has 2 unspecified atom stereocenters. The van der Waals surface area contributed by atoms with Crippen LogP contribution in [0.5, 0.6) is 0 Å². The monoisotopic (exact) mass is 339 g/mol. The molecule has 0 saturated carbocycles. The van der Waals surface area contributed by atoms with E-state index in [-0.39, 0.29) is 24.5 Å². The van der Waals surface area contributed by atoms with Crippen molar-refractivity contribution in [3.63, 3.8) is 0 Å². The van der Waals surface area contributed by atoms with E-state index in [4.69, 9.17) is 22.1 Å². The van der Waals surface area contributed by atoms with Gasteiger partial charge < -0.3 is 15.8 Å². The van der Waals surface area contributed by atoms with Gasteiger partial charge in [0.1, 0.15) is 0 Å². The van der Waals surface area contributed by atoms with E-state index in [1.165, 1.54) is 12.8 Å². The molecule has 1 aromatic carbocycles. The van der Waals surface area contributed by atoms with E-state index in [9.17, 15) is 4.79 Å². The molecule has 0 radical (unpaired) electrons. The second kappa shape index (κ2) is 9.23. The predicted octanol–water partition coefficient (Wildman–Crippen LogP) is 1.96. The van der Waals surface area contributed by atoms with E-state index in [1.54, 1.807) is 7.11 Å². The number of nitrogens with two attached hydrogens (primary N) is 1. The van der Waals surface area contributed by atoms with Crippen LogP contribution < -0.4 is 11.1 Å². The number of carbonyl (C=O) groups is 1. The summed E-state index contributed by atoms with van der Waals surface area (Å²) in [4.78, 5) is 14.5. The number of carbonyl (C=O) groups excluding carboxylic acids is 1. The molecule has 0 aromatic heterocycles. The van der Waals surface area contributed by atoms with Crippen LogP contribution in [0.15, 0.2) is 24.3 Å². The van der Waals surface area contributed by atoms with Crippen molar-refractivity contribution >= 4 is 17.5 Å². The lowest BCUT2D eigenvalue weighted by molar-refractivity contribution is -0.123. The topological polar surface area (TPSA) is 67.6 Å². The number of hydrogen-bond donors (Lipinski definition) is 2. The molecule has 1 saturated heterocycles. The third-order valence-electron chi connectivity index (χ3n) is 4.32. The Morgan fingerprint density at radius 2 is 2.17 bits per heavy atom. The van der Waals surface area contributed by atoms with Crippen LogP contribution in [0.4, 0.5) is 0 Å². The Morgan fingerprint density at radius 3 is 2.78 bits per heavy atom. The second-order valence-corrected chi connectivity index (χ2v) is 6.35. The van der Waals surface area contributed by atoms with Crippen molar-refractivity contribution in [2.24, 2.45) is 5.73 Å². The molecule has 128 valence electrons. The lowest BCUT2D eigenvalue weighted by Gasteiger charge is -2.28. The van der Waals surface area contributed by atoms with E-state index in [0.717, 1.165) is 23.7 Å². The van der Waals surface area contributed by atoms with Gasteiger partial charge in [-0.05, 0) is 43.6 Å². The third-order valence-corrected chi connectivity index (χ3v) is 4.55. The Bertz CT molecular complexity index is 502. The third kappa shape index (κ3) is 5.46. The van der Waals surface area contributed by atoms with Crippen LogP contribution in [-0.2, 0) is 9.53 Å². The van der Waals surface area contributed by atoms with E-state index < -0.39 is 0 Å². The van der Waals surface area contributed by atoms with Gasteiger partial charge in [-0.15, -0.1) is 0 Å². The molecule has 5 nitrogen and oxygen atoms in total. The summed E-state index contributed by atoms with van der Waals surface area (Å²) in [5.74, 6) is -0.0338. The number of methoxy groups -OCH3 is 1. The van der Waals surface area contributed by atoms with Crippen molar-refractivity contribution in [2.45, 2.75) is 31.4 Å². The number of rotatable bonds is 8. The number of nitrogens with one attached hydrogen (secondary N) is 1. The molecule has 23 heavy (non-hydrogen) atoms. The zero-order chi connectivity index (χ0) is 16.7. The lowest BCUT2D eigenvalue weighted by atomic mass is 10.1. The van der Waals surface area contributed by atoms with Gasteiger partial charge in [0.15, 0.2) is 0 Å². The summed E-state index contributed by atoms with van der Waals surface area (Å²) in [6, 6.07) is 8.03. The maximum atomic E-state index is 12.1. The first-order chi connectivity index (χ1) is 11.1. The lowest BCUT2D eigenvalue weighted by Crippen LogP contribution is -2.38. The molecule has 1 fully saturated rings. The van der Waals surface area contributed by atoms with Crippen molar-refractivity contribution in [3.8, 4) is 0 Å². The van der Waals surface area contributed by atoms with E-state index in [1.807, 2.05) is 18.2 Å². The number of amides is 1. The number of ether oxygens (including phenoxy) is 1. The van der Waals surface area contributed by atoms with Crippen LogP contribution in [0.1, 0.15) is 30.9 Å². The quantitative estimate of drug-likeness (QED) is 0.759. The van der Waals surface area contributed by atoms with Crippen LogP contribution in [0.3, 0.4) is 0 Å². The number of benzene rings is 1. The van der Waals surface area contributed by atoms with Gasteiger partial charge in [-0.1, -0.05) is 23.7 Å². The molecule has 2 rings (SSSR count). The van der Waals surface area contributed by atoms with Gasteiger partial charge in [0.25, 0.3) is 0 Å². The summed E-state index contributed by atoms with van der Waals surface area (Å²) < 4.78 is 5.16. The van der Waals surface area contributed by atoms with Crippen LogP contribution in [-0.4, -0.2) is 50.2 Å². The molecule has 1 heterocycles. The fourth-order valence-electron chi connectivity index (χ4n) is 2.98. The van der Waals surface area contributed by atoms with Crippen LogP contribution in [0, 0.1) is 0 Å². The predicted molar refractivity (Wildman–Crippen MR) is 92.5 cm³/mol. The Hall–Kier alpha value is -1.14. The van der Waals surface area contributed by atoms with Crippen molar-refractivity contribution in [3.05, 3.63) is 34.9 Å². The summed E-state index contributed by atoms with van der Waals surface area (Å²) >= 11 is 6.13. The zero-order valence-electron chi connectivity index (χ0n) is 13.6. The maximum absolute atomic E-state index is 12.1. The fraction of sp³-hybridized carbons (Fsp3) is 0.588. The summed E-state index contributed by atoms with van der Waals surface area (Å²) in [5.41, 5.74) is 6.71. The first kappa shape index (κ1) is 18.2. The number of likely N-dealkylation sites (tertiary alicyclic amines) is 1. The Labute approximate surface area is 143 Å². The maximum Gasteiger partial charge on any atom is 0.222 e. The van der Waals surface area contributed by atoms with Crippen LogP contribution in [0.2, 0.25) is 5.02 Å². The number of hydrogen-bond acceptors (Lipinski definition) is 4. The highest BCUT2D eigenvalue weighted by Gasteiger charge is 2.24. The van der Waals surface area contributed by atoms with E-state index >= 15 is 0 Å². The summed E-state index contributed by atoms with van der Waals surface area (Å²) in [6.07, 6.45) is 2.45. The Balaban J connectivity index is 1.99. The Kier molecular flexibility index (Phi) is 7.30. The molecule has 0 spiro atoms. The smallest absolute Gasteiger partial charge is 0.222 e. The molecule has 1 aliphatic rings. The van der Waals surface area contributed by atoms with Crippen molar-refractivity contribution in [2.75, 3.05) is 33.3 Å². The first-order valence-electron chi connectivity index (χ1n) is 8.13. The minimum atomic E-state index is -0.230. The largest absolute Gasteiger partial charge is 0.380 e. The minimum Gasteiger partial charge on any atom is -0.380 e. The summed E-state index contributed by atoms with van der Waals surface area (Å²) in [6.45, 7) is 3.01. The van der Waals surface area contributed by atoms with Gasteiger partial charge in [0.05, 0.1) is 18.6 Å². The van der Waals surface area contributed by atoms with Crippen LogP contribution >= 0.6 is 11.6 Å². The van der Waals surface area contributed by atoms with Gasteiger partial charge in [-0.3, -0.25) is 9.69 Å². The SMILES string of the molecule is COC(CN)CC(=O)NCC(c1cccc(Cl)c1)N1CCCC1. The molecule has 1 aliphatic heterocycles. The second-order valence-electron chi connectivity index (χ2n) is 5.92. The Morgan fingerprint density at radius 1 is 1.43 bits per heavy atom. The van der Waals surface area contributed by atoms with Gasteiger partial charge >= 0.3 is 0 Å². The molecule has 0 aliphatic carbocycles. The first-order valence-corrected chi connectivity index (χ1v) is 8.51. The normalized spacial score (nSPS) is 17.9. The molecular weight excluding hydrogens is 314 g/mol. The minimum absolute atomic E-state index is 0.0338. The van der Waals surface area contributed by atoms with Gasteiger partial charge in [0, 0.05) is 25.2 Å². The highest BCUT2D eigenvalue weighted by molar-refractivity contribution is 6.30. The number of nitrogens with zero attached hydrogens (tertiary/aromatic N) is 1. The fourth-order valence-corrected chi connectivity index (χ4v) is 3.18. The van der Waals surface area contributed by atoms with Crippen molar-refractivity contribution in [1.29, 1.82) is 0 Å². The van der Waals surface area contributed by atoms with Gasteiger partial charge in [-0.25, -0.2) is 0 Å². The zero-order valence-corrected chi connectivity index (χ0v) is 14.4. The highest BCUT2D eigenvalue weighted by Crippen LogP contribution is 2.26. The molecular formula is C17H26ClN3O2. The average molecular weight is 340 g/mol.